The summed E-state index contributed by atoms with van der Waals surface area (Å²) in [4.78, 5) is 13.9. The van der Waals surface area contributed by atoms with Gasteiger partial charge in [0.15, 0.2) is 0 Å². The molecule has 0 spiro atoms. The van der Waals surface area contributed by atoms with Gasteiger partial charge >= 0.3 is 5.97 Å². The van der Waals surface area contributed by atoms with Gasteiger partial charge in [0.2, 0.25) is 0 Å². The van der Waals surface area contributed by atoms with Gasteiger partial charge in [-0.1, -0.05) is 37.3 Å². The number of hydrogen-bond donors (Lipinski definition) is 2. The highest BCUT2D eigenvalue weighted by atomic mass is 16.4. The Kier molecular flexibility index (Phi) is 6.21. The molecule has 1 aromatic rings. The molecule has 1 aliphatic rings. The van der Waals surface area contributed by atoms with E-state index in [1.807, 2.05) is 30.3 Å². The van der Waals surface area contributed by atoms with Crippen molar-refractivity contribution in [3.63, 3.8) is 0 Å². The van der Waals surface area contributed by atoms with E-state index in [-0.39, 0.29) is 0 Å². The number of nitrogens with zero attached hydrogens (tertiary/aromatic N) is 1. The second-order valence-electron chi connectivity index (χ2n) is 6.07. The van der Waals surface area contributed by atoms with Crippen LogP contribution in [-0.2, 0) is 4.79 Å². The average Bonchev–Trinajstić information content (AvgIpc) is 2.97. The number of carbonyl (C=O) groups is 1. The molecule has 116 valence electrons. The Morgan fingerprint density at radius 1 is 1.24 bits per heavy atom. The number of carboxylic acids is 1. The fourth-order valence-electron chi connectivity index (χ4n) is 2.98. The number of nitrogens with one attached hydrogen (secondary N) is 1. The lowest BCUT2D eigenvalue weighted by Gasteiger charge is -2.21. The maximum atomic E-state index is 11.4. The average molecular weight is 290 g/mol. The minimum Gasteiger partial charge on any atom is -0.481 e. The third-order valence-electron chi connectivity index (χ3n) is 4.11. The van der Waals surface area contributed by atoms with E-state index in [2.05, 4.69) is 17.1 Å². The Balaban J connectivity index is 1.75. The van der Waals surface area contributed by atoms with E-state index in [1.165, 1.54) is 25.9 Å². The number of benzene rings is 1. The van der Waals surface area contributed by atoms with Crippen LogP contribution in [0, 0.1) is 5.92 Å². The van der Waals surface area contributed by atoms with Crippen molar-refractivity contribution in [1.82, 2.24) is 10.2 Å². The van der Waals surface area contributed by atoms with Crippen molar-refractivity contribution < 1.29 is 9.90 Å². The molecular weight excluding hydrogens is 264 g/mol. The summed E-state index contributed by atoms with van der Waals surface area (Å²) in [6.07, 6.45) is 2.63. The number of aliphatic carboxylic acids is 1. The van der Waals surface area contributed by atoms with Gasteiger partial charge in [0.05, 0.1) is 5.92 Å². The largest absolute Gasteiger partial charge is 0.481 e. The zero-order chi connectivity index (χ0) is 15.1. The van der Waals surface area contributed by atoms with E-state index in [9.17, 15) is 9.90 Å². The van der Waals surface area contributed by atoms with E-state index >= 15 is 0 Å². The molecule has 4 nitrogen and oxygen atoms in total. The van der Waals surface area contributed by atoms with E-state index in [0.29, 0.717) is 12.5 Å². The Morgan fingerprint density at radius 2 is 1.90 bits per heavy atom. The lowest BCUT2D eigenvalue weighted by atomic mass is 9.99. The van der Waals surface area contributed by atoms with Crippen LogP contribution in [0.3, 0.4) is 0 Å². The van der Waals surface area contributed by atoms with Gasteiger partial charge in [0, 0.05) is 13.1 Å². The van der Waals surface area contributed by atoms with Crippen LogP contribution < -0.4 is 5.32 Å². The van der Waals surface area contributed by atoms with E-state index in [1.54, 1.807) is 0 Å². The monoisotopic (exact) mass is 290 g/mol. The fraction of sp³-hybridized carbons (Fsp3) is 0.588. The van der Waals surface area contributed by atoms with Crippen molar-refractivity contribution in [1.29, 1.82) is 0 Å². The van der Waals surface area contributed by atoms with Crippen LogP contribution in [0.2, 0.25) is 0 Å². The molecule has 0 radical (unpaired) electrons. The predicted octanol–water partition coefficient (Wildman–Crippen LogP) is 2.18. The Bertz CT molecular complexity index is 430. The van der Waals surface area contributed by atoms with Gasteiger partial charge < -0.3 is 15.3 Å². The molecule has 0 amide bonds. The Morgan fingerprint density at radius 3 is 2.52 bits per heavy atom. The van der Waals surface area contributed by atoms with Crippen LogP contribution in [0.5, 0.6) is 0 Å². The molecule has 4 heteroatoms. The van der Waals surface area contributed by atoms with Crippen LogP contribution in [0.15, 0.2) is 30.3 Å². The lowest BCUT2D eigenvalue weighted by Crippen LogP contribution is -2.34. The molecule has 0 aromatic heterocycles. The number of hydrogen-bond acceptors (Lipinski definition) is 3. The normalized spacial score (nSPS) is 18.5. The second kappa shape index (κ2) is 8.15. The molecule has 2 atom stereocenters. The molecular formula is C17H26N2O2. The summed E-state index contributed by atoms with van der Waals surface area (Å²) in [6.45, 7) is 7.12. The van der Waals surface area contributed by atoms with Gasteiger partial charge in [-0.25, -0.2) is 0 Å². The first kappa shape index (κ1) is 16.0. The standard InChI is InChI=1S/C17H26N2O2/c1-14(13-19-9-5-6-10-19)11-18-12-16(17(20)21)15-7-3-2-4-8-15/h2-4,7-8,14,16,18H,5-6,9-13H2,1H3,(H,20,21). The van der Waals surface area contributed by atoms with Gasteiger partial charge in [-0.05, 0) is 44.0 Å². The predicted molar refractivity (Wildman–Crippen MR) is 84.5 cm³/mol. The fourth-order valence-corrected chi connectivity index (χ4v) is 2.98. The van der Waals surface area contributed by atoms with E-state index in [0.717, 1.165) is 18.7 Å². The number of carboxylic acid groups (broad SMARTS) is 1. The van der Waals surface area contributed by atoms with E-state index < -0.39 is 11.9 Å². The maximum absolute atomic E-state index is 11.4. The first-order chi connectivity index (χ1) is 10.2. The van der Waals surface area contributed by atoms with Crippen molar-refractivity contribution in [3.8, 4) is 0 Å². The topological polar surface area (TPSA) is 52.6 Å². The molecule has 21 heavy (non-hydrogen) atoms. The highest BCUT2D eigenvalue weighted by Crippen LogP contribution is 2.15. The summed E-state index contributed by atoms with van der Waals surface area (Å²) in [5.74, 6) is -0.681. The van der Waals surface area contributed by atoms with Crippen LogP contribution >= 0.6 is 0 Å². The van der Waals surface area contributed by atoms with Crippen molar-refractivity contribution in [2.75, 3.05) is 32.7 Å². The van der Waals surface area contributed by atoms with Gasteiger partial charge in [-0.15, -0.1) is 0 Å². The summed E-state index contributed by atoms with van der Waals surface area (Å²) in [5.41, 5.74) is 0.865. The second-order valence-corrected chi connectivity index (χ2v) is 6.07. The molecule has 1 heterocycles. The van der Waals surface area contributed by atoms with Crippen molar-refractivity contribution in [3.05, 3.63) is 35.9 Å². The number of rotatable bonds is 8. The van der Waals surface area contributed by atoms with Crippen molar-refractivity contribution >= 4 is 5.97 Å². The van der Waals surface area contributed by atoms with E-state index in [4.69, 9.17) is 0 Å². The Hall–Kier alpha value is -1.39. The lowest BCUT2D eigenvalue weighted by molar-refractivity contribution is -0.138. The molecule has 2 N–H and O–H groups in total. The van der Waals surface area contributed by atoms with Gasteiger partial charge in [-0.2, -0.15) is 0 Å². The molecule has 2 rings (SSSR count). The third-order valence-corrected chi connectivity index (χ3v) is 4.11. The first-order valence-electron chi connectivity index (χ1n) is 7.87. The summed E-state index contributed by atoms with van der Waals surface area (Å²) >= 11 is 0. The number of likely N-dealkylation sites (tertiary alicyclic amines) is 1. The highest BCUT2D eigenvalue weighted by Gasteiger charge is 2.20. The van der Waals surface area contributed by atoms with Crippen LogP contribution in [0.4, 0.5) is 0 Å². The molecule has 1 aromatic carbocycles. The molecule has 0 bridgehead atoms. The SMILES string of the molecule is CC(CNCC(C(=O)O)c1ccccc1)CN1CCCC1. The zero-order valence-corrected chi connectivity index (χ0v) is 12.8. The smallest absolute Gasteiger partial charge is 0.312 e. The molecule has 2 unspecified atom stereocenters. The summed E-state index contributed by atoms with van der Waals surface area (Å²) in [5, 5.41) is 12.7. The van der Waals surface area contributed by atoms with Crippen LogP contribution in [0.1, 0.15) is 31.2 Å². The summed E-state index contributed by atoms with van der Waals surface area (Å²) in [6, 6.07) is 9.46. The summed E-state index contributed by atoms with van der Waals surface area (Å²) in [7, 11) is 0. The highest BCUT2D eigenvalue weighted by molar-refractivity contribution is 5.76. The molecule has 0 aliphatic carbocycles. The minimum absolute atomic E-state index is 0.467. The van der Waals surface area contributed by atoms with Gasteiger partial charge in [0.25, 0.3) is 0 Å². The zero-order valence-electron chi connectivity index (χ0n) is 12.8. The molecule has 0 saturated carbocycles. The molecule has 1 aliphatic heterocycles. The maximum Gasteiger partial charge on any atom is 0.312 e. The van der Waals surface area contributed by atoms with Crippen molar-refractivity contribution in [2.24, 2.45) is 5.92 Å². The minimum atomic E-state index is -0.763. The summed E-state index contributed by atoms with van der Waals surface area (Å²) < 4.78 is 0. The molecule has 1 saturated heterocycles. The Labute approximate surface area is 127 Å². The van der Waals surface area contributed by atoms with Crippen molar-refractivity contribution in [2.45, 2.75) is 25.7 Å². The van der Waals surface area contributed by atoms with Gasteiger partial charge in [-0.3, -0.25) is 4.79 Å². The van der Waals surface area contributed by atoms with Crippen LogP contribution in [0.25, 0.3) is 0 Å². The third kappa shape index (κ3) is 5.14. The van der Waals surface area contributed by atoms with Crippen LogP contribution in [-0.4, -0.2) is 48.7 Å². The molecule has 1 fully saturated rings. The first-order valence-corrected chi connectivity index (χ1v) is 7.87. The quantitative estimate of drug-likeness (QED) is 0.770. The van der Waals surface area contributed by atoms with Gasteiger partial charge in [0.1, 0.15) is 0 Å².